The highest BCUT2D eigenvalue weighted by molar-refractivity contribution is 6.20. The lowest BCUT2D eigenvalue weighted by Gasteiger charge is -2.12. The first-order valence-electron chi connectivity index (χ1n) is 13.4. The number of pyridine rings is 1. The van der Waals surface area contributed by atoms with Gasteiger partial charge < -0.3 is 4.57 Å². The zero-order valence-electron chi connectivity index (χ0n) is 21.6. The maximum absolute atomic E-state index is 5.44. The second-order valence-corrected chi connectivity index (χ2v) is 9.89. The van der Waals surface area contributed by atoms with E-state index in [4.69, 9.17) is 9.97 Å². The van der Waals surface area contributed by atoms with Crippen molar-refractivity contribution in [3.05, 3.63) is 146 Å². The molecule has 3 aromatic heterocycles. The van der Waals surface area contributed by atoms with Gasteiger partial charge in [0.25, 0.3) is 0 Å². The van der Waals surface area contributed by atoms with Crippen molar-refractivity contribution in [3.8, 4) is 34.0 Å². The number of para-hydroxylation sites is 2. The molecule has 0 atom stereocenters. The Balaban J connectivity index is 1.52. The molecule has 0 aliphatic heterocycles. The molecule has 188 valence electrons. The number of imidazole rings is 1. The van der Waals surface area contributed by atoms with Gasteiger partial charge in [-0.2, -0.15) is 0 Å². The minimum atomic E-state index is 0.842. The van der Waals surface area contributed by atoms with Crippen molar-refractivity contribution in [2.24, 2.45) is 0 Å². The lowest BCUT2D eigenvalue weighted by Crippen LogP contribution is -2.00. The largest absolute Gasteiger partial charge is 0.309 e. The van der Waals surface area contributed by atoms with Gasteiger partial charge in [0.1, 0.15) is 11.6 Å². The molecule has 0 aliphatic carbocycles. The van der Waals surface area contributed by atoms with Crippen LogP contribution in [0.25, 0.3) is 66.9 Å². The molecule has 8 rings (SSSR count). The van der Waals surface area contributed by atoms with E-state index in [9.17, 15) is 0 Å². The molecule has 0 radical (unpaired) electrons. The van der Waals surface area contributed by atoms with Gasteiger partial charge in [-0.25, -0.2) is 9.97 Å². The van der Waals surface area contributed by atoms with Gasteiger partial charge in [-0.15, -0.1) is 0 Å². The van der Waals surface area contributed by atoms with Crippen molar-refractivity contribution in [3.63, 3.8) is 0 Å². The van der Waals surface area contributed by atoms with Gasteiger partial charge in [-0.3, -0.25) is 4.57 Å². The molecule has 0 N–H and O–H groups in total. The maximum atomic E-state index is 5.44. The first-order chi connectivity index (χ1) is 19.9. The number of aromatic nitrogens is 4. The van der Waals surface area contributed by atoms with Gasteiger partial charge in [-0.05, 0) is 53.6 Å². The van der Waals surface area contributed by atoms with Crippen LogP contribution in [-0.4, -0.2) is 19.1 Å². The monoisotopic (exact) mass is 512 g/mol. The number of rotatable bonds is 4. The standard InChI is InChI=1S/C36H24N4/c1-3-13-25(14-4-1)27-17-7-8-18-28(27)36-38-35-32(40(36)33-21-11-12-24-37-33)23-22-31-34(35)29-19-9-10-20-30(29)39(31)26-15-5-2-6-16-26/h1-24H. The molecule has 0 saturated heterocycles. The molecular formula is C36H24N4. The Morgan fingerprint density at radius 3 is 1.95 bits per heavy atom. The molecule has 0 bridgehead atoms. The second kappa shape index (κ2) is 9.07. The van der Waals surface area contributed by atoms with Gasteiger partial charge in [-0.1, -0.05) is 97.1 Å². The Morgan fingerprint density at radius 2 is 1.15 bits per heavy atom. The van der Waals surface area contributed by atoms with Crippen molar-refractivity contribution in [1.82, 2.24) is 19.1 Å². The topological polar surface area (TPSA) is 35.6 Å². The number of hydrogen-bond donors (Lipinski definition) is 0. The number of fused-ring (bicyclic) bond motifs is 5. The Hall–Kier alpha value is -5.48. The van der Waals surface area contributed by atoms with Gasteiger partial charge in [0.15, 0.2) is 0 Å². The molecule has 40 heavy (non-hydrogen) atoms. The molecule has 4 heteroatoms. The van der Waals surface area contributed by atoms with Crippen molar-refractivity contribution in [2.45, 2.75) is 0 Å². The Labute approximate surface area is 231 Å². The van der Waals surface area contributed by atoms with E-state index in [0.717, 1.165) is 61.5 Å². The third-order valence-corrected chi connectivity index (χ3v) is 7.61. The predicted molar refractivity (Wildman–Crippen MR) is 164 cm³/mol. The fourth-order valence-corrected chi connectivity index (χ4v) is 5.90. The highest BCUT2D eigenvalue weighted by atomic mass is 15.1. The van der Waals surface area contributed by atoms with E-state index in [0.29, 0.717) is 0 Å². The number of nitrogens with zero attached hydrogens (tertiary/aromatic N) is 4. The van der Waals surface area contributed by atoms with E-state index in [2.05, 4.69) is 130 Å². The highest BCUT2D eigenvalue weighted by Crippen LogP contribution is 2.40. The van der Waals surface area contributed by atoms with Crippen molar-refractivity contribution < 1.29 is 0 Å². The summed E-state index contributed by atoms with van der Waals surface area (Å²) in [5.74, 6) is 1.71. The molecule has 4 nitrogen and oxygen atoms in total. The highest BCUT2D eigenvalue weighted by Gasteiger charge is 2.22. The number of benzene rings is 5. The molecule has 0 fully saturated rings. The lowest BCUT2D eigenvalue weighted by atomic mass is 9.99. The van der Waals surface area contributed by atoms with E-state index >= 15 is 0 Å². The summed E-state index contributed by atoms with van der Waals surface area (Å²) in [6, 6.07) is 48.6. The van der Waals surface area contributed by atoms with E-state index in [1.165, 1.54) is 5.39 Å². The van der Waals surface area contributed by atoms with E-state index in [-0.39, 0.29) is 0 Å². The molecular weight excluding hydrogens is 488 g/mol. The molecule has 3 heterocycles. The van der Waals surface area contributed by atoms with E-state index in [1.807, 2.05) is 24.4 Å². The quantitative estimate of drug-likeness (QED) is 0.236. The smallest absolute Gasteiger partial charge is 0.147 e. The van der Waals surface area contributed by atoms with Crippen LogP contribution in [0.2, 0.25) is 0 Å². The van der Waals surface area contributed by atoms with E-state index in [1.54, 1.807) is 0 Å². The van der Waals surface area contributed by atoms with Crippen LogP contribution >= 0.6 is 0 Å². The Kier molecular flexibility index (Phi) is 5.10. The molecule has 0 unspecified atom stereocenters. The van der Waals surface area contributed by atoms with Crippen LogP contribution in [0, 0.1) is 0 Å². The SMILES string of the molecule is c1ccc(-c2ccccc2-c2nc3c4c5ccccc5n(-c5ccccc5)c4ccc3n2-c2ccccn2)cc1. The van der Waals surface area contributed by atoms with Crippen LogP contribution in [0.5, 0.6) is 0 Å². The summed E-state index contributed by atoms with van der Waals surface area (Å²) in [6.45, 7) is 0. The van der Waals surface area contributed by atoms with Crippen LogP contribution in [0.3, 0.4) is 0 Å². The third kappa shape index (κ3) is 3.40. The molecule has 5 aromatic carbocycles. The van der Waals surface area contributed by atoms with Crippen molar-refractivity contribution in [2.75, 3.05) is 0 Å². The van der Waals surface area contributed by atoms with Crippen LogP contribution < -0.4 is 0 Å². The number of hydrogen-bond acceptors (Lipinski definition) is 2. The fraction of sp³-hybridized carbons (Fsp3) is 0. The molecule has 0 saturated carbocycles. The second-order valence-electron chi connectivity index (χ2n) is 9.89. The molecule has 0 amide bonds. The Bertz CT molecular complexity index is 2140. The van der Waals surface area contributed by atoms with Gasteiger partial charge >= 0.3 is 0 Å². The summed E-state index contributed by atoms with van der Waals surface area (Å²) < 4.78 is 4.53. The molecule has 0 spiro atoms. The Morgan fingerprint density at radius 1 is 0.475 bits per heavy atom. The maximum Gasteiger partial charge on any atom is 0.147 e. The summed E-state index contributed by atoms with van der Waals surface area (Å²) in [7, 11) is 0. The first-order valence-corrected chi connectivity index (χ1v) is 13.4. The summed E-state index contributed by atoms with van der Waals surface area (Å²) in [6.07, 6.45) is 1.84. The normalized spacial score (nSPS) is 11.5. The van der Waals surface area contributed by atoms with Crippen LogP contribution in [-0.2, 0) is 0 Å². The summed E-state index contributed by atoms with van der Waals surface area (Å²) in [5, 5.41) is 2.32. The van der Waals surface area contributed by atoms with Crippen molar-refractivity contribution in [1.29, 1.82) is 0 Å². The lowest BCUT2D eigenvalue weighted by molar-refractivity contribution is 1.03. The first kappa shape index (κ1) is 22.5. The molecule has 0 aliphatic rings. The van der Waals surface area contributed by atoms with Crippen molar-refractivity contribution >= 4 is 32.8 Å². The summed E-state index contributed by atoms with van der Waals surface area (Å²) >= 11 is 0. The fourth-order valence-electron chi connectivity index (χ4n) is 5.90. The average Bonchev–Trinajstić information content (AvgIpc) is 3.58. The van der Waals surface area contributed by atoms with Crippen LogP contribution in [0.4, 0.5) is 0 Å². The minimum Gasteiger partial charge on any atom is -0.309 e. The van der Waals surface area contributed by atoms with E-state index < -0.39 is 0 Å². The van der Waals surface area contributed by atoms with Gasteiger partial charge in [0, 0.05) is 28.2 Å². The summed E-state index contributed by atoms with van der Waals surface area (Å²) in [5.41, 5.74) is 8.78. The predicted octanol–water partition coefficient (Wildman–Crippen LogP) is 8.85. The van der Waals surface area contributed by atoms with Crippen LogP contribution in [0.1, 0.15) is 0 Å². The van der Waals surface area contributed by atoms with Crippen LogP contribution in [0.15, 0.2) is 146 Å². The zero-order chi connectivity index (χ0) is 26.5. The summed E-state index contributed by atoms with van der Waals surface area (Å²) in [4.78, 5) is 10.2. The minimum absolute atomic E-state index is 0.842. The average molecular weight is 513 g/mol. The van der Waals surface area contributed by atoms with Gasteiger partial charge in [0.05, 0.1) is 22.1 Å². The third-order valence-electron chi connectivity index (χ3n) is 7.61. The van der Waals surface area contributed by atoms with Gasteiger partial charge in [0.2, 0.25) is 0 Å². The molecule has 8 aromatic rings. The zero-order valence-corrected chi connectivity index (χ0v) is 21.6.